The molecule has 2 nitrogen and oxygen atoms in total. The average molecular weight is 242 g/mol. The summed E-state index contributed by atoms with van der Waals surface area (Å²) in [6.45, 7) is 3.63. The van der Waals surface area contributed by atoms with Crippen molar-refractivity contribution in [3.63, 3.8) is 0 Å². The highest BCUT2D eigenvalue weighted by Gasteiger charge is 2.06. The molecule has 1 aromatic rings. The standard InChI is InChI=1S/C13H20ClNO/c1-3-16-9-8-13(15-2)10-11-4-6-12(14)7-5-11/h4-7,13,15H,3,8-10H2,1-2H3. The zero-order chi connectivity index (χ0) is 11.8. The fourth-order valence-corrected chi connectivity index (χ4v) is 1.75. The molecule has 1 N–H and O–H groups in total. The first kappa shape index (κ1) is 13.5. The first-order chi connectivity index (χ1) is 7.76. The second kappa shape index (κ2) is 7.66. The molecule has 16 heavy (non-hydrogen) atoms. The van der Waals surface area contributed by atoms with Crippen molar-refractivity contribution in [3.8, 4) is 0 Å². The van der Waals surface area contributed by atoms with E-state index in [0.29, 0.717) is 6.04 Å². The van der Waals surface area contributed by atoms with Crippen molar-refractivity contribution >= 4 is 11.6 Å². The van der Waals surface area contributed by atoms with Gasteiger partial charge in [-0.2, -0.15) is 0 Å². The van der Waals surface area contributed by atoms with Gasteiger partial charge in [-0.1, -0.05) is 23.7 Å². The molecular weight excluding hydrogens is 222 g/mol. The molecule has 1 atom stereocenters. The van der Waals surface area contributed by atoms with E-state index in [0.717, 1.165) is 31.1 Å². The number of ether oxygens (including phenoxy) is 1. The Morgan fingerprint density at radius 2 is 2.00 bits per heavy atom. The quantitative estimate of drug-likeness (QED) is 0.742. The molecule has 1 aromatic carbocycles. The van der Waals surface area contributed by atoms with Crippen molar-refractivity contribution in [3.05, 3.63) is 34.9 Å². The third-order valence-electron chi connectivity index (χ3n) is 2.62. The fourth-order valence-electron chi connectivity index (χ4n) is 1.62. The molecule has 0 fully saturated rings. The summed E-state index contributed by atoms with van der Waals surface area (Å²) in [5, 5.41) is 4.10. The lowest BCUT2D eigenvalue weighted by Gasteiger charge is -2.16. The Labute approximate surface area is 103 Å². The number of likely N-dealkylation sites (N-methyl/N-ethyl adjacent to an activating group) is 1. The number of hydrogen-bond donors (Lipinski definition) is 1. The van der Waals surface area contributed by atoms with Crippen molar-refractivity contribution in [2.75, 3.05) is 20.3 Å². The second-order valence-corrected chi connectivity index (χ2v) is 4.24. The van der Waals surface area contributed by atoms with Crippen molar-refractivity contribution in [2.24, 2.45) is 0 Å². The second-order valence-electron chi connectivity index (χ2n) is 3.80. The minimum absolute atomic E-state index is 0.465. The summed E-state index contributed by atoms with van der Waals surface area (Å²) < 4.78 is 5.36. The molecule has 0 aliphatic rings. The molecule has 0 bridgehead atoms. The molecule has 0 saturated carbocycles. The van der Waals surface area contributed by atoms with E-state index >= 15 is 0 Å². The highest BCUT2D eigenvalue weighted by atomic mass is 35.5. The van der Waals surface area contributed by atoms with E-state index < -0.39 is 0 Å². The van der Waals surface area contributed by atoms with Gasteiger partial charge < -0.3 is 10.1 Å². The van der Waals surface area contributed by atoms with Gasteiger partial charge in [0.1, 0.15) is 0 Å². The normalized spacial score (nSPS) is 12.7. The summed E-state index contributed by atoms with van der Waals surface area (Å²) >= 11 is 5.85. The van der Waals surface area contributed by atoms with Crippen LogP contribution in [0.1, 0.15) is 18.9 Å². The Bertz CT molecular complexity index is 286. The number of rotatable bonds is 7. The molecule has 0 spiro atoms. The molecule has 0 radical (unpaired) electrons. The molecule has 0 aliphatic heterocycles. The summed E-state index contributed by atoms with van der Waals surface area (Å²) in [7, 11) is 1.99. The lowest BCUT2D eigenvalue weighted by atomic mass is 10.0. The van der Waals surface area contributed by atoms with E-state index in [1.54, 1.807) is 0 Å². The predicted molar refractivity (Wildman–Crippen MR) is 69.1 cm³/mol. The van der Waals surface area contributed by atoms with Crippen LogP contribution in [-0.4, -0.2) is 26.3 Å². The van der Waals surface area contributed by atoms with Crippen LogP contribution in [-0.2, 0) is 11.2 Å². The molecule has 0 aromatic heterocycles. The van der Waals surface area contributed by atoms with Gasteiger partial charge in [-0.25, -0.2) is 0 Å². The maximum absolute atomic E-state index is 5.85. The minimum atomic E-state index is 0.465. The molecule has 0 heterocycles. The SMILES string of the molecule is CCOCCC(Cc1ccc(Cl)cc1)NC. The van der Waals surface area contributed by atoms with Crippen LogP contribution in [0.5, 0.6) is 0 Å². The monoisotopic (exact) mass is 241 g/mol. The van der Waals surface area contributed by atoms with Gasteiger partial charge in [0.05, 0.1) is 0 Å². The van der Waals surface area contributed by atoms with Gasteiger partial charge in [0.15, 0.2) is 0 Å². The highest BCUT2D eigenvalue weighted by molar-refractivity contribution is 6.30. The molecule has 0 saturated heterocycles. The van der Waals surface area contributed by atoms with Crippen LogP contribution in [0.2, 0.25) is 5.02 Å². The lowest BCUT2D eigenvalue weighted by molar-refractivity contribution is 0.137. The summed E-state index contributed by atoms with van der Waals surface area (Å²) in [5.74, 6) is 0. The summed E-state index contributed by atoms with van der Waals surface area (Å²) in [4.78, 5) is 0. The maximum Gasteiger partial charge on any atom is 0.0480 e. The Morgan fingerprint density at radius 3 is 2.56 bits per heavy atom. The van der Waals surface area contributed by atoms with E-state index in [1.165, 1.54) is 5.56 Å². The van der Waals surface area contributed by atoms with Gasteiger partial charge in [-0.15, -0.1) is 0 Å². The number of halogens is 1. The number of nitrogens with one attached hydrogen (secondary N) is 1. The van der Waals surface area contributed by atoms with Gasteiger partial charge in [0, 0.05) is 24.3 Å². The van der Waals surface area contributed by atoms with Crippen molar-refractivity contribution in [2.45, 2.75) is 25.8 Å². The number of benzene rings is 1. The Morgan fingerprint density at radius 1 is 1.31 bits per heavy atom. The smallest absolute Gasteiger partial charge is 0.0480 e. The zero-order valence-electron chi connectivity index (χ0n) is 10.0. The summed E-state index contributed by atoms with van der Waals surface area (Å²) in [6, 6.07) is 8.49. The number of hydrogen-bond acceptors (Lipinski definition) is 2. The fraction of sp³-hybridized carbons (Fsp3) is 0.538. The Balaban J connectivity index is 2.40. The molecule has 0 amide bonds. The van der Waals surface area contributed by atoms with E-state index in [1.807, 2.05) is 26.1 Å². The third-order valence-corrected chi connectivity index (χ3v) is 2.87. The van der Waals surface area contributed by atoms with Gasteiger partial charge in [-0.05, 0) is 44.5 Å². The van der Waals surface area contributed by atoms with Crippen LogP contribution < -0.4 is 5.32 Å². The summed E-state index contributed by atoms with van der Waals surface area (Å²) in [5.41, 5.74) is 1.31. The van der Waals surface area contributed by atoms with E-state index in [-0.39, 0.29) is 0 Å². The van der Waals surface area contributed by atoms with Gasteiger partial charge in [-0.3, -0.25) is 0 Å². The van der Waals surface area contributed by atoms with Crippen LogP contribution in [0.15, 0.2) is 24.3 Å². The van der Waals surface area contributed by atoms with Crippen LogP contribution in [0.25, 0.3) is 0 Å². The van der Waals surface area contributed by atoms with Gasteiger partial charge >= 0.3 is 0 Å². The molecule has 3 heteroatoms. The van der Waals surface area contributed by atoms with Crippen LogP contribution >= 0.6 is 11.6 Å². The molecular formula is C13H20ClNO. The Kier molecular flexibility index (Phi) is 6.46. The van der Waals surface area contributed by atoms with Gasteiger partial charge in [0.25, 0.3) is 0 Å². The summed E-state index contributed by atoms with van der Waals surface area (Å²) in [6.07, 6.45) is 2.05. The first-order valence-electron chi connectivity index (χ1n) is 5.75. The Hall–Kier alpha value is -0.570. The zero-order valence-corrected chi connectivity index (χ0v) is 10.8. The highest BCUT2D eigenvalue weighted by Crippen LogP contribution is 2.12. The minimum Gasteiger partial charge on any atom is -0.382 e. The van der Waals surface area contributed by atoms with Crippen LogP contribution in [0.3, 0.4) is 0 Å². The maximum atomic E-state index is 5.85. The van der Waals surface area contributed by atoms with Crippen molar-refractivity contribution < 1.29 is 4.74 Å². The van der Waals surface area contributed by atoms with E-state index in [4.69, 9.17) is 16.3 Å². The third kappa shape index (κ3) is 4.97. The molecule has 0 aliphatic carbocycles. The van der Waals surface area contributed by atoms with Gasteiger partial charge in [0.2, 0.25) is 0 Å². The largest absolute Gasteiger partial charge is 0.382 e. The molecule has 90 valence electrons. The molecule has 1 unspecified atom stereocenters. The van der Waals surface area contributed by atoms with Crippen LogP contribution in [0, 0.1) is 0 Å². The van der Waals surface area contributed by atoms with Crippen molar-refractivity contribution in [1.82, 2.24) is 5.32 Å². The topological polar surface area (TPSA) is 21.3 Å². The van der Waals surface area contributed by atoms with E-state index in [2.05, 4.69) is 17.4 Å². The lowest BCUT2D eigenvalue weighted by Crippen LogP contribution is -2.29. The van der Waals surface area contributed by atoms with Crippen LogP contribution in [0.4, 0.5) is 0 Å². The average Bonchev–Trinajstić information content (AvgIpc) is 2.31. The van der Waals surface area contributed by atoms with E-state index in [9.17, 15) is 0 Å². The molecule has 1 rings (SSSR count). The van der Waals surface area contributed by atoms with Crippen molar-refractivity contribution in [1.29, 1.82) is 0 Å². The first-order valence-corrected chi connectivity index (χ1v) is 6.13. The predicted octanol–water partition coefficient (Wildman–Crippen LogP) is 2.90.